The molecule has 0 saturated carbocycles. The first-order valence-corrected chi connectivity index (χ1v) is 5.91. The molecule has 0 radical (unpaired) electrons. The van der Waals surface area contributed by atoms with E-state index in [4.69, 9.17) is 19.5 Å². The molecule has 20 heavy (non-hydrogen) atoms. The first-order valence-electron chi connectivity index (χ1n) is 11.4. The third-order valence-electron chi connectivity index (χ3n) is 2.89. The molecule has 0 atom stereocenters. The molecule has 1 nitrogen and oxygen atoms in total. The van der Waals surface area contributed by atoms with Gasteiger partial charge in [-0.3, -0.25) is 0 Å². The van der Waals surface area contributed by atoms with Gasteiger partial charge in [0.15, 0.2) is 0 Å². The maximum absolute atomic E-state index is 8.58. The Morgan fingerprint density at radius 1 is 0.750 bits per heavy atom. The van der Waals surface area contributed by atoms with Gasteiger partial charge in [0, 0.05) is 10.8 Å². The SMILES string of the molecule is [2H]c1c([2H])c([2H])c(-c2c([2H])c([2H])c3c(oc4c([2H])c(C)c([2H])c([2H])c43)c2[2H])c([2H])c1[2H]. The van der Waals surface area contributed by atoms with E-state index < -0.39 is 53.9 Å². The molecule has 0 saturated heterocycles. The zero-order valence-corrected chi connectivity index (χ0v) is 10.4. The topological polar surface area (TPSA) is 13.1 Å². The Labute approximate surface area is 132 Å². The first-order chi connectivity index (χ1) is 14.4. The van der Waals surface area contributed by atoms with Crippen molar-refractivity contribution in [1.29, 1.82) is 0 Å². The third kappa shape index (κ3) is 1.71. The van der Waals surface area contributed by atoms with Crippen LogP contribution in [0.5, 0.6) is 0 Å². The molecular weight excluding hydrogens is 244 g/mol. The van der Waals surface area contributed by atoms with E-state index >= 15 is 0 Å². The lowest BCUT2D eigenvalue weighted by atomic mass is 10.0. The lowest BCUT2D eigenvalue weighted by Gasteiger charge is -2.00. The number of furan rings is 1. The summed E-state index contributed by atoms with van der Waals surface area (Å²) in [5.74, 6) is 0. The predicted molar refractivity (Wildman–Crippen MR) is 83.9 cm³/mol. The first kappa shape index (κ1) is 4.78. The van der Waals surface area contributed by atoms with E-state index in [-0.39, 0.29) is 51.2 Å². The summed E-state index contributed by atoms with van der Waals surface area (Å²) in [7, 11) is 0. The number of rotatable bonds is 1. The van der Waals surface area contributed by atoms with Gasteiger partial charge in [0.2, 0.25) is 0 Å². The Kier molecular flexibility index (Phi) is 1.01. The van der Waals surface area contributed by atoms with Crippen molar-refractivity contribution in [3.63, 3.8) is 0 Å². The van der Waals surface area contributed by atoms with Crippen molar-refractivity contribution in [2.45, 2.75) is 6.92 Å². The molecule has 1 aromatic heterocycles. The van der Waals surface area contributed by atoms with Crippen molar-refractivity contribution >= 4 is 21.9 Å². The zero-order chi connectivity index (χ0) is 23.1. The van der Waals surface area contributed by atoms with Gasteiger partial charge in [-0.05, 0) is 41.7 Å². The van der Waals surface area contributed by atoms with Crippen LogP contribution in [0.3, 0.4) is 0 Å². The van der Waals surface area contributed by atoms with Gasteiger partial charge in [-0.15, -0.1) is 0 Å². The number of hydrogen-bond donors (Lipinski definition) is 0. The Hall–Kier alpha value is -2.54. The minimum absolute atomic E-state index is 0.0322. The van der Waals surface area contributed by atoms with E-state index in [0.29, 0.717) is 0 Å². The summed E-state index contributed by atoms with van der Waals surface area (Å²) in [5.41, 5.74) is -0.926. The maximum Gasteiger partial charge on any atom is 0.136 e. The predicted octanol–water partition coefficient (Wildman–Crippen LogP) is 5.56. The molecule has 4 aromatic rings. The number of benzene rings is 3. The van der Waals surface area contributed by atoms with Crippen molar-refractivity contribution in [2.24, 2.45) is 0 Å². The molecule has 4 rings (SSSR count). The Morgan fingerprint density at radius 2 is 1.45 bits per heavy atom. The Morgan fingerprint density at radius 3 is 2.25 bits per heavy atom. The zero-order valence-electron chi connectivity index (χ0n) is 21.4. The van der Waals surface area contributed by atoms with Crippen LogP contribution < -0.4 is 0 Å². The Balaban J connectivity index is 2.27. The molecule has 1 heterocycles. The molecule has 1 heteroatoms. The molecule has 0 aliphatic rings. The summed E-state index contributed by atoms with van der Waals surface area (Å²) >= 11 is 0. The minimum atomic E-state index is -0.637. The van der Waals surface area contributed by atoms with Gasteiger partial charge in [-0.25, -0.2) is 0 Å². The minimum Gasteiger partial charge on any atom is -0.456 e. The van der Waals surface area contributed by atoms with Crippen LogP contribution in [-0.2, 0) is 0 Å². The lowest BCUT2D eigenvalue weighted by Crippen LogP contribution is -1.76. The van der Waals surface area contributed by atoms with Crippen molar-refractivity contribution in [2.75, 3.05) is 0 Å². The fourth-order valence-corrected chi connectivity index (χ4v) is 1.97. The molecule has 0 fully saturated rings. The van der Waals surface area contributed by atoms with Crippen LogP contribution in [0.2, 0.25) is 0 Å². The molecular formula is C19H14O. The summed E-state index contributed by atoms with van der Waals surface area (Å²) in [6, 6.07) is -5.38. The standard InChI is InChI=1S/C19H14O/c1-13-7-9-16-17-10-8-15(14-5-3-2-4-6-14)12-19(17)20-18(16)11-13/h2-12H,1H3/i2D,3D,4D,5D,6D,7D,8D,9D,10D,11D,12D. The van der Waals surface area contributed by atoms with Crippen LogP contribution in [0.4, 0.5) is 0 Å². The van der Waals surface area contributed by atoms with Gasteiger partial charge in [-0.2, -0.15) is 0 Å². The average molecular weight is 269 g/mol. The molecule has 0 N–H and O–H groups in total. The van der Waals surface area contributed by atoms with Gasteiger partial charge < -0.3 is 4.42 Å². The third-order valence-corrected chi connectivity index (χ3v) is 2.89. The molecule has 0 amide bonds. The van der Waals surface area contributed by atoms with E-state index in [0.717, 1.165) is 0 Å². The van der Waals surface area contributed by atoms with Crippen molar-refractivity contribution in [3.05, 3.63) is 72.0 Å². The van der Waals surface area contributed by atoms with Crippen LogP contribution in [0, 0.1) is 6.92 Å². The highest BCUT2D eigenvalue weighted by Gasteiger charge is 2.08. The van der Waals surface area contributed by atoms with Crippen LogP contribution in [0.25, 0.3) is 33.1 Å². The van der Waals surface area contributed by atoms with E-state index in [1.807, 2.05) is 0 Å². The largest absolute Gasteiger partial charge is 0.456 e. The Bertz CT molecular complexity index is 1420. The highest BCUT2D eigenvalue weighted by molar-refractivity contribution is 6.06. The molecule has 96 valence electrons. The van der Waals surface area contributed by atoms with Crippen molar-refractivity contribution in [3.8, 4) is 11.1 Å². The van der Waals surface area contributed by atoms with Crippen LogP contribution in [-0.4, -0.2) is 0 Å². The van der Waals surface area contributed by atoms with Gasteiger partial charge in [0.1, 0.15) is 11.2 Å². The monoisotopic (exact) mass is 269 g/mol. The number of fused-ring (bicyclic) bond motifs is 3. The summed E-state index contributed by atoms with van der Waals surface area (Å²) < 4.78 is 95.5. The molecule has 3 aromatic carbocycles. The second-order valence-corrected chi connectivity index (χ2v) is 4.26. The highest BCUT2D eigenvalue weighted by atomic mass is 16.3. The van der Waals surface area contributed by atoms with Crippen molar-refractivity contribution < 1.29 is 19.5 Å². The molecule has 0 bridgehead atoms. The lowest BCUT2D eigenvalue weighted by molar-refractivity contribution is 0.668. The smallest absolute Gasteiger partial charge is 0.136 e. The molecule has 0 aliphatic heterocycles. The normalized spacial score (nSPS) is 18.9. The fraction of sp³-hybridized carbons (Fsp3) is 0.0526. The summed E-state index contributed by atoms with van der Waals surface area (Å²) in [5, 5.41) is -0.122. The quantitative estimate of drug-likeness (QED) is 0.441. The van der Waals surface area contributed by atoms with E-state index in [1.165, 1.54) is 6.92 Å². The van der Waals surface area contributed by atoms with Crippen LogP contribution in [0.15, 0.2) is 70.9 Å². The molecule has 0 spiro atoms. The van der Waals surface area contributed by atoms with Gasteiger partial charge in [0.25, 0.3) is 0 Å². The van der Waals surface area contributed by atoms with E-state index in [2.05, 4.69) is 0 Å². The van der Waals surface area contributed by atoms with E-state index in [9.17, 15) is 0 Å². The van der Waals surface area contributed by atoms with Gasteiger partial charge >= 0.3 is 0 Å². The van der Waals surface area contributed by atoms with Crippen LogP contribution >= 0.6 is 0 Å². The number of hydrogen-bond acceptors (Lipinski definition) is 1. The average Bonchev–Trinajstić information content (AvgIpc) is 3.15. The van der Waals surface area contributed by atoms with E-state index in [1.54, 1.807) is 0 Å². The van der Waals surface area contributed by atoms with Gasteiger partial charge in [0.05, 0.1) is 15.1 Å². The second kappa shape index (κ2) is 4.24. The van der Waals surface area contributed by atoms with Crippen molar-refractivity contribution in [1.82, 2.24) is 0 Å². The molecule has 0 aliphatic carbocycles. The fourth-order valence-electron chi connectivity index (χ4n) is 1.97. The molecule has 0 unspecified atom stereocenters. The van der Waals surface area contributed by atoms with Gasteiger partial charge in [-0.1, -0.05) is 48.3 Å². The van der Waals surface area contributed by atoms with Crippen LogP contribution in [0.1, 0.15) is 20.6 Å². The second-order valence-electron chi connectivity index (χ2n) is 4.26. The summed E-state index contributed by atoms with van der Waals surface area (Å²) in [4.78, 5) is 0. The maximum atomic E-state index is 8.58. The highest BCUT2D eigenvalue weighted by Crippen LogP contribution is 2.32. The summed E-state index contributed by atoms with van der Waals surface area (Å²) in [6.07, 6.45) is 0. The summed E-state index contributed by atoms with van der Waals surface area (Å²) in [6.45, 7) is 1.48.